The molecule has 1 saturated heterocycles. The zero-order valence-electron chi connectivity index (χ0n) is 17.6. The van der Waals surface area contributed by atoms with Gasteiger partial charge in [-0.3, -0.25) is 14.4 Å². The van der Waals surface area contributed by atoms with Crippen LogP contribution in [0.2, 0.25) is 5.02 Å². The van der Waals surface area contributed by atoms with Gasteiger partial charge >= 0.3 is 0 Å². The molecule has 3 amide bonds. The molecule has 2 heterocycles. The molecular weight excluding hydrogens is 549 g/mol. The minimum Gasteiger partial charge on any atom is -0.352 e. The van der Waals surface area contributed by atoms with E-state index in [0.29, 0.717) is 34.4 Å². The van der Waals surface area contributed by atoms with E-state index in [1.165, 1.54) is 34.4 Å². The van der Waals surface area contributed by atoms with Crippen molar-refractivity contribution in [2.24, 2.45) is 5.92 Å². The van der Waals surface area contributed by atoms with Gasteiger partial charge in [0.15, 0.2) is 0 Å². The van der Waals surface area contributed by atoms with Crippen LogP contribution in [-0.2, 0) is 16.0 Å². The van der Waals surface area contributed by atoms with E-state index in [1.807, 2.05) is 6.07 Å². The second kappa shape index (κ2) is 10.6. The summed E-state index contributed by atoms with van der Waals surface area (Å²) in [5.74, 6) is -1.96. The summed E-state index contributed by atoms with van der Waals surface area (Å²) in [5, 5.41) is 14.4. The van der Waals surface area contributed by atoms with Gasteiger partial charge in [-0.2, -0.15) is 0 Å². The molecule has 8 nitrogen and oxygen atoms in total. The molecule has 1 unspecified atom stereocenters. The summed E-state index contributed by atoms with van der Waals surface area (Å²) >= 11 is 10.3. The third kappa shape index (κ3) is 5.78. The number of nitrogens with zero attached hydrogens (tertiary/aromatic N) is 3. The second-order valence-corrected chi connectivity index (χ2v) is 9.90. The van der Waals surface area contributed by atoms with E-state index in [4.69, 9.17) is 11.6 Å². The minimum absolute atomic E-state index is 0.0219. The number of nitrogens with one attached hydrogen (secondary N) is 2. The van der Waals surface area contributed by atoms with Gasteiger partial charge in [0, 0.05) is 41.7 Å². The molecule has 1 aliphatic rings. The Morgan fingerprint density at radius 2 is 2.06 bits per heavy atom. The van der Waals surface area contributed by atoms with Crippen molar-refractivity contribution in [3.05, 3.63) is 68.3 Å². The van der Waals surface area contributed by atoms with Crippen LogP contribution in [0.15, 0.2) is 46.9 Å². The lowest BCUT2D eigenvalue weighted by molar-refractivity contribution is -0.122. The molecule has 0 bridgehead atoms. The van der Waals surface area contributed by atoms with Crippen LogP contribution in [0, 0.1) is 11.7 Å². The van der Waals surface area contributed by atoms with Crippen molar-refractivity contribution in [2.45, 2.75) is 12.8 Å². The minimum atomic E-state index is -0.590. The molecule has 176 valence electrons. The first-order valence-corrected chi connectivity index (χ1v) is 12.2. The summed E-state index contributed by atoms with van der Waals surface area (Å²) in [6.45, 7) is 0.514. The summed E-state index contributed by atoms with van der Waals surface area (Å²) in [5.41, 5.74) is 0.984. The molecule has 1 aliphatic heterocycles. The van der Waals surface area contributed by atoms with Gasteiger partial charge in [-0.1, -0.05) is 44.9 Å². The van der Waals surface area contributed by atoms with Crippen LogP contribution in [0.5, 0.6) is 0 Å². The van der Waals surface area contributed by atoms with Gasteiger partial charge in [0.05, 0.1) is 10.9 Å². The van der Waals surface area contributed by atoms with Crippen molar-refractivity contribution < 1.29 is 18.8 Å². The third-order valence-electron chi connectivity index (χ3n) is 5.12. The van der Waals surface area contributed by atoms with Crippen LogP contribution >= 0.6 is 38.9 Å². The molecule has 12 heteroatoms. The Kier molecular flexibility index (Phi) is 7.54. The number of hydrogen-bond acceptors (Lipinski definition) is 6. The fourth-order valence-corrected chi connectivity index (χ4v) is 4.73. The Labute approximate surface area is 211 Å². The van der Waals surface area contributed by atoms with Crippen molar-refractivity contribution in [1.29, 1.82) is 0 Å². The maximum atomic E-state index is 13.4. The molecule has 1 fully saturated rings. The first-order valence-electron chi connectivity index (χ1n) is 10.2. The Balaban J connectivity index is 1.28. The normalized spacial score (nSPS) is 15.4. The van der Waals surface area contributed by atoms with Crippen molar-refractivity contribution in [1.82, 2.24) is 15.5 Å². The number of rotatable bonds is 7. The summed E-state index contributed by atoms with van der Waals surface area (Å²) in [7, 11) is 0. The van der Waals surface area contributed by atoms with E-state index in [2.05, 4.69) is 36.8 Å². The van der Waals surface area contributed by atoms with Gasteiger partial charge < -0.3 is 15.5 Å². The number of benzene rings is 2. The Morgan fingerprint density at radius 1 is 1.24 bits per heavy atom. The largest absolute Gasteiger partial charge is 0.352 e. The first kappa shape index (κ1) is 24.2. The molecule has 0 radical (unpaired) electrons. The van der Waals surface area contributed by atoms with Gasteiger partial charge in [-0.05, 0) is 36.4 Å². The summed E-state index contributed by atoms with van der Waals surface area (Å²) in [6, 6.07) is 11.1. The molecule has 0 aliphatic carbocycles. The van der Waals surface area contributed by atoms with E-state index in [1.54, 1.807) is 18.2 Å². The van der Waals surface area contributed by atoms with Gasteiger partial charge in [-0.15, -0.1) is 10.2 Å². The topological polar surface area (TPSA) is 104 Å². The Bertz CT molecular complexity index is 1260. The first-order chi connectivity index (χ1) is 16.3. The quantitative estimate of drug-likeness (QED) is 0.449. The van der Waals surface area contributed by atoms with Crippen LogP contribution in [0.3, 0.4) is 0 Å². The Hall–Kier alpha value is -2.89. The molecule has 34 heavy (non-hydrogen) atoms. The molecule has 0 spiro atoms. The monoisotopic (exact) mass is 565 g/mol. The van der Waals surface area contributed by atoms with Gasteiger partial charge in [0.2, 0.25) is 16.9 Å². The van der Waals surface area contributed by atoms with Crippen LogP contribution in [0.25, 0.3) is 0 Å². The zero-order chi connectivity index (χ0) is 24.2. The number of aromatic nitrogens is 2. The van der Waals surface area contributed by atoms with Crippen molar-refractivity contribution >= 4 is 67.4 Å². The smallest absolute Gasteiger partial charge is 0.251 e. The molecule has 2 aromatic carbocycles. The van der Waals surface area contributed by atoms with E-state index >= 15 is 0 Å². The predicted octanol–water partition coefficient (Wildman–Crippen LogP) is 4.06. The second-order valence-electron chi connectivity index (χ2n) is 7.51. The number of carbonyl (C=O) groups excluding carboxylic acids is 3. The molecule has 2 N–H and O–H groups in total. The molecular formula is C22H18BrClFN5O3S. The highest BCUT2D eigenvalue weighted by Crippen LogP contribution is 2.29. The highest BCUT2D eigenvalue weighted by atomic mass is 79.9. The van der Waals surface area contributed by atoms with Crippen molar-refractivity contribution in [3.8, 4) is 0 Å². The number of amides is 3. The lowest BCUT2D eigenvalue weighted by Crippen LogP contribution is -2.28. The van der Waals surface area contributed by atoms with Crippen molar-refractivity contribution in [2.75, 3.05) is 23.3 Å². The summed E-state index contributed by atoms with van der Waals surface area (Å²) in [4.78, 5) is 38.6. The van der Waals surface area contributed by atoms with E-state index in [-0.39, 0.29) is 35.7 Å². The van der Waals surface area contributed by atoms with E-state index in [0.717, 1.165) is 4.47 Å². The van der Waals surface area contributed by atoms with E-state index in [9.17, 15) is 18.8 Å². The highest BCUT2D eigenvalue weighted by Gasteiger charge is 2.35. The fraction of sp³-hybridized carbons (Fsp3) is 0.227. The Morgan fingerprint density at radius 3 is 2.82 bits per heavy atom. The predicted molar refractivity (Wildman–Crippen MR) is 131 cm³/mol. The van der Waals surface area contributed by atoms with Gasteiger partial charge in [0.1, 0.15) is 10.8 Å². The average Bonchev–Trinajstić information content (AvgIpc) is 3.42. The van der Waals surface area contributed by atoms with Crippen LogP contribution in [0.4, 0.5) is 15.2 Å². The lowest BCUT2D eigenvalue weighted by Gasteiger charge is -2.17. The lowest BCUT2D eigenvalue weighted by atomic mass is 10.1. The third-order valence-corrected chi connectivity index (χ3v) is 6.80. The number of carbonyl (C=O) groups is 3. The average molecular weight is 567 g/mol. The van der Waals surface area contributed by atoms with Crippen LogP contribution < -0.4 is 15.5 Å². The van der Waals surface area contributed by atoms with Crippen LogP contribution in [0.1, 0.15) is 21.8 Å². The SMILES string of the molecule is O=C(NCCc1nnc(NC(=O)C2CC(=O)N(c3ccc(F)c(Cl)c3)C2)s1)c1cccc(Br)c1. The molecule has 0 saturated carbocycles. The van der Waals surface area contributed by atoms with Crippen molar-refractivity contribution in [3.63, 3.8) is 0 Å². The van der Waals surface area contributed by atoms with Crippen LogP contribution in [-0.4, -0.2) is 41.0 Å². The molecule has 1 atom stereocenters. The summed E-state index contributed by atoms with van der Waals surface area (Å²) < 4.78 is 14.2. The number of hydrogen-bond donors (Lipinski definition) is 2. The maximum Gasteiger partial charge on any atom is 0.251 e. The molecule has 1 aromatic heterocycles. The molecule has 3 aromatic rings. The maximum absolute atomic E-state index is 13.4. The standard InChI is InChI=1S/C22H18BrClFN5O3S/c23-14-3-1-2-12(8-14)20(32)26-7-6-18-28-29-22(34-18)27-21(33)13-9-19(31)30(11-13)15-4-5-17(25)16(24)10-15/h1-5,8,10,13H,6-7,9,11H2,(H,26,32)(H,27,29,33). The zero-order valence-corrected chi connectivity index (χ0v) is 20.7. The van der Waals surface area contributed by atoms with Gasteiger partial charge in [0.25, 0.3) is 5.91 Å². The number of anilines is 2. The highest BCUT2D eigenvalue weighted by molar-refractivity contribution is 9.10. The fourth-order valence-electron chi connectivity index (χ4n) is 3.41. The summed E-state index contributed by atoms with van der Waals surface area (Å²) in [6.07, 6.45) is 0.475. The van der Waals surface area contributed by atoms with E-state index < -0.39 is 11.7 Å². The van der Waals surface area contributed by atoms with Gasteiger partial charge in [-0.25, -0.2) is 4.39 Å². The number of halogens is 3. The molecule has 4 rings (SSSR count).